The van der Waals surface area contributed by atoms with Crippen LogP contribution >= 0.6 is 0 Å². The Morgan fingerprint density at radius 2 is 1.48 bits per heavy atom. The van der Waals surface area contributed by atoms with E-state index in [2.05, 4.69) is 26.3 Å². The maximum atomic E-state index is 13.5. The Bertz CT molecular complexity index is 1300. The molecule has 12 nitrogen and oxygen atoms in total. The molecule has 0 heterocycles. The summed E-state index contributed by atoms with van der Waals surface area (Å²) in [7, 11) is 0. The maximum absolute atomic E-state index is 13.5. The molecule has 46 heavy (non-hydrogen) atoms. The Hall–Kier alpha value is -4.87. The predicted octanol–water partition coefficient (Wildman–Crippen LogP) is 2.84. The molecule has 3 atom stereocenters. The average molecular weight is 636 g/mol. The number of ether oxygens (including phenoxy) is 1. The molecule has 0 aliphatic carbocycles. The van der Waals surface area contributed by atoms with Crippen LogP contribution in [0.2, 0.25) is 0 Å². The van der Waals surface area contributed by atoms with Gasteiger partial charge in [-0.1, -0.05) is 88.4 Å². The quantitative estimate of drug-likeness (QED) is 0.0628. The third-order valence-electron chi connectivity index (χ3n) is 6.96. The van der Waals surface area contributed by atoms with Gasteiger partial charge in [-0.2, -0.15) is 0 Å². The van der Waals surface area contributed by atoms with E-state index in [0.717, 1.165) is 11.1 Å². The third-order valence-corrected chi connectivity index (χ3v) is 6.96. The number of carbonyl (C=O) groups excluding carboxylic acids is 4. The van der Waals surface area contributed by atoms with Crippen LogP contribution in [0.1, 0.15) is 58.1 Å². The monoisotopic (exact) mass is 635 g/mol. The van der Waals surface area contributed by atoms with Gasteiger partial charge in [0.1, 0.15) is 18.7 Å². The molecule has 0 spiro atoms. The van der Waals surface area contributed by atoms with Crippen LogP contribution in [-0.2, 0) is 25.7 Å². The Balaban J connectivity index is 2.06. The van der Waals surface area contributed by atoms with Crippen LogP contribution in [0.15, 0.2) is 71.7 Å². The van der Waals surface area contributed by atoms with Gasteiger partial charge in [-0.05, 0) is 48.3 Å². The molecule has 8 N–H and O–H groups in total. The molecule has 250 valence electrons. The van der Waals surface area contributed by atoms with E-state index in [0.29, 0.717) is 12.8 Å². The minimum atomic E-state index is -1.00. The van der Waals surface area contributed by atoms with E-state index < -0.39 is 30.1 Å². The zero-order valence-corrected chi connectivity index (χ0v) is 27.2. The van der Waals surface area contributed by atoms with Crippen molar-refractivity contribution in [1.82, 2.24) is 21.3 Å². The summed E-state index contributed by atoms with van der Waals surface area (Å²) in [5, 5.41) is 11.3. The summed E-state index contributed by atoms with van der Waals surface area (Å²) in [4.78, 5) is 56.0. The number of alkyl carbamates (subject to hydrolysis) is 1. The molecule has 0 unspecified atom stereocenters. The van der Waals surface area contributed by atoms with Crippen LogP contribution in [0, 0.1) is 11.8 Å². The summed E-state index contributed by atoms with van der Waals surface area (Å²) in [6.07, 6.45) is 3.34. The van der Waals surface area contributed by atoms with Gasteiger partial charge in [0.15, 0.2) is 5.96 Å². The molecule has 2 aromatic carbocycles. The van der Waals surface area contributed by atoms with Gasteiger partial charge in [0.2, 0.25) is 17.7 Å². The molecule has 0 aliphatic heterocycles. The molecular weight excluding hydrogens is 586 g/mol. The van der Waals surface area contributed by atoms with Crippen molar-refractivity contribution in [3.05, 3.63) is 77.9 Å². The second-order valence-corrected chi connectivity index (χ2v) is 11.7. The van der Waals surface area contributed by atoms with Gasteiger partial charge in [0.25, 0.3) is 0 Å². The van der Waals surface area contributed by atoms with Crippen molar-refractivity contribution in [3.63, 3.8) is 0 Å². The molecule has 0 aromatic heterocycles. The van der Waals surface area contributed by atoms with E-state index in [1.165, 1.54) is 6.08 Å². The fraction of sp³-hybridized carbons (Fsp3) is 0.441. The molecule has 0 fully saturated rings. The number of aliphatic imine (C=N–C) groups is 1. The first-order chi connectivity index (χ1) is 21.9. The lowest BCUT2D eigenvalue weighted by molar-refractivity contribution is -0.131. The molecule has 0 bridgehead atoms. The molecule has 0 saturated carbocycles. The summed E-state index contributed by atoms with van der Waals surface area (Å²) >= 11 is 0. The molecule has 0 radical (unpaired) electrons. The van der Waals surface area contributed by atoms with Crippen molar-refractivity contribution in [2.75, 3.05) is 13.1 Å². The van der Waals surface area contributed by atoms with E-state index in [1.807, 2.05) is 88.4 Å². The summed E-state index contributed by atoms with van der Waals surface area (Å²) in [6.45, 7) is 8.24. The minimum absolute atomic E-state index is 0.0120. The summed E-state index contributed by atoms with van der Waals surface area (Å²) < 4.78 is 5.32. The topological polar surface area (TPSA) is 190 Å². The first-order valence-electron chi connectivity index (χ1n) is 15.6. The highest BCUT2D eigenvalue weighted by atomic mass is 16.5. The Morgan fingerprint density at radius 1 is 0.848 bits per heavy atom. The number of carbonyl (C=O) groups is 4. The molecule has 0 saturated heterocycles. The standard InChI is InChI=1S/C34H49N7O5/c1-23(2)20-28(32(44)40-29(24(3)4)21-38-30(42)18-17-25-12-7-5-8-13-25)39-31(43)27(16-11-19-37-33(35)36)41-34(45)46-22-26-14-9-6-10-15-26/h5-10,12-15,17-18,23-24,27-29H,11,16,19-22H2,1-4H3,(H,38,42)(H,39,43)(H,40,44)(H,41,45)(H4,35,36,37)/t27-,28+,29+/m0/s1. The highest BCUT2D eigenvalue weighted by Crippen LogP contribution is 2.10. The molecular formula is C34H49N7O5. The molecule has 12 heteroatoms. The second-order valence-electron chi connectivity index (χ2n) is 11.7. The van der Waals surface area contributed by atoms with Crippen molar-refractivity contribution in [2.45, 2.75) is 71.7 Å². The van der Waals surface area contributed by atoms with Crippen LogP contribution in [-0.4, -0.2) is 61.0 Å². The fourth-order valence-electron chi connectivity index (χ4n) is 4.40. The lowest BCUT2D eigenvalue weighted by atomic mass is 9.99. The number of nitrogens with zero attached hydrogens (tertiary/aromatic N) is 1. The van der Waals surface area contributed by atoms with E-state index >= 15 is 0 Å². The number of benzene rings is 2. The van der Waals surface area contributed by atoms with E-state index in [-0.39, 0.29) is 55.7 Å². The van der Waals surface area contributed by atoms with Gasteiger partial charge in [-0.15, -0.1) is 0 Å². The number of nitrogens with one attached hydrogen (secondary N) is 4. The predicted molar refractivity (Wildman–Crippen MR) is 180 cm³/mol. The number of amides is 4. The van der Waals surface area contributed by atoms with Gasteiger partial charge >= 0.3 is 6.09 Å². The lowest BCUT2D eigenvalue weighted by Gasteiger charge is -2.28. The van der Waals surface area contributed by atoms with Gasteiger partial charge in [-0.25, -0.2) is 4.79 Å². The van der Waals surface area contributed by atoms with E-state index in [1.54, 1.807) is 6.08 Å². The normalized spacial score (nSPS) is 13.0. The summed E-state index contributed by atoms with van der Waals surface area (Å²) in [5.74, 6) is -1.23. The Labute approximate surface area is 271 Å². The second kappa shape index (κ2) is 20.2. The van der Waals surface area contributed by atoms with Crippen LogP contribution < -0.4 is 32.7 Å². The van der Waals surface area contributed by atoms with E-state index in [9.17, 15) is 19.2 Å². The van der Waals surface area contributed by atoms with E-state index in [4.69, 9.17) is 16.2 Å². The largest absolute Gasteiger partial charge is 0.445 e. The average Bonchev–Trinajstić information content (AvgIpc) is 3.02. The van der Waals surface area contributed by atoms with Gasteiger partial charge in [-0.3, -0.25) is 19.4 Å². The minimum Gasteiger partial charge on any atom is -0.445 e. The Morgan fingerprint density at radius 3 is 2.09 bits per heavy atom. The SMILES string of the molecule is CC(C)C[C@@H](NC(=O)[C@H](CCCN=C(N)N)NC(=O)OCc1ccccc1)C(=O)N[C@H](CNC(=O)C=Cc1ccccc1)C(C)C. The van der Waals surface area contributed by atoms with Crippen molar-refractivity contribution in [2.24, 2.45) is 28.3 Å². The number of hydrogen-bond acceptors (Lipinski definition) is 6. The van der Waals surface area contributed by atoms with Gasteiger partial charge < -0.3 is 37.5 Å². The number of hydrogen-bond donors (Lipinski definition) is 6. The first kappa shape index (κ1) is 37.3. The molecule has 0 aliphatic rings. The van der Waals surface area contributed by atoms with Crippen LogP contribution in [0.3, 0.4) is 0 Å². The molecule has 2 rings (SSSR count). The van der Waals surface area contributed by atoms with Crippen molar-refractivity contribution in [3.8, 4) is 0 Å². The lowest BCUT2D eigenvalue weighted by Crippen LogP contribution is -2.57. The van der Waals surface area contributed by atoms with Crippen LogP contribution in [0.25, 0.3) is 6.08 Å². The van der Waals surface area contributed by atoms with Crippen molar-refractivity contribution in [1.29, 1.82) is 0 Å². The van der Waals surface area contributed by atoms with Crippen molar-refractivity contribution >= 4 is 35.9 Å². The third kappa shape index (κ3) is 15.2. The van der Waals surface area contributed by atoms with Gasteiger partial charge in [0, 0.05) is 25.2 Å². The summed E-state index contributed by atoms with van der Waals surface area (Å²) in [5.41, 5.74) is 12.5. The number of rotatable bonds is 18. The zero-order valence-electron chi connectivity index (χ0n) is 27.2. The first-order valence-corrected chi connectivity index (χ1v) is 15.6. The smallest absolute Gasteiger partial charge is 0.408 e. The number of guanidine groups is 1. The fourth-order valence-corrected chi connectivity index (χ4v) is 4.40. The molecule has 4 amide bonds. The van der Waals surface area contributed by atoms with Gasteiger partial charge in [0.05, 0.1) is 0 Å². The van der Waals surface area contributed by atoms with Crippen LogP contribution in [0.5, 0.6) is 0 Å². The van der Waals surface area contributed by atoms with Crippen molar-refractivity contribution < 1.29 is 23.9 Å². The summed E-state index contributed by atoms with van der Waals surface area (Å²) in [6, 6.07) is 16.3. The maximum Gasteiger partial charge on any atom is 0.408 e. The highest BCUT2D eigenvalue weighted by molar-refractivity contribution is 5.92. The zero-order chi connectivity index (χ0) is 33.9. The number of nitrogens with two attached hydrogens (primary N) is 2. The van der Waals surface area contributed by atoms with Crippen LogP contribution in [0.4, 0.5) is 4.79 Å². The Kier molecular flexibility index (Phi) is 16.4. The highest BCUT2D eigenvalue weighted by Gasteiger charge is 2.29. The molecule has 2 aromatic rings.